The van der Waals surface area contributed by atoms with Crippen LogP contribution in [-0.2, 0) is 27.5 Å². The first-order valence-electron chi connectivity index (χ1n) is 11.3. The molecule has 1 unspecified atom stereocenters. The molecule has 1 aliphatic rings. The van der Waals surface area contributed by atoms with E-state index in [4.69, 9.17) is 22.1 Å². The highest BCUT2D eigenvalue weighted by molar-refractivity contribution is 6.33. The summed E-state index contributed by atoms with van der Waals surface area (Å²) in [5, 5.41) is 0.480. The first-order valence-corrected chi connectivity index (χ1v) is 11.7. The Morgan fingerprint density at radius 1 is 1.19 bits per heavy atom. The molecule has 1 heterocycles. The molecule has 2 aromatic carbocycles. The van der Waals surface area contributed by atoms with Gasteiger partial charge in [0.2, 0.25) is 0 Å². The second-order valence-corrected chi connectivity index (χ2v) is 7.23. The number of fused-ring (bicyclic) bond motifs is 1. The van der Waals surface area contributed by atoms with Crippen molar-refractivity contribution in [2.24, 2.45) is 5.73 Å². The van der Waals surface area contributed by atoms with E-state index in [1.165, 1.54) is 29.9 Å². The van der Waals surface area contributed by atoms with Crippen LogP contribution in [-0.4, -0.2) is 19.6 Å². The van der Waals surface area contributed by atoms with E-state index >= 15 is 0 Å². The summed E-state index contributed by atoms with van der Waals surface area (Å²) in [5.74, 6) is -0.401. The highest BCUT2D eigenvalue weighted by Crippen LogP contribution is 2.41. The summed E-state index contributed by atoms with van der Waals surface area (Å²) in [7, 11) is 1.30. The lowest BCUT2D eigenvalue weighted by molar-refractivity contribution is -0.138. The standard InChI is InChI=1S/C19H20ClFO.C3H7NO2.2C2H6/c1-4-11(2)15-7-13(21)8-18(20)19(15)14-6-5-12(3)16-9-22-10-17(14)16;1-6-3(5)2-4;2*1-2/h5-8,11H,4,9-10H2,1-3H3;2,4H2,1H3;2*1-2H3. The fraction of sp³-hybridized carbons (Fsp3) is 0.500. The molecule has 2 aromatic rings. The summed E-state index contributed by atoms with van der Waals surface area (Å²) in [4.78, 5) is 9.83. The predicted octanol–water partition coefficient (Wildman–Crippen LogP) is 7.17. The lowest BCUT2D eigenvalue weighted by Gasteiger charge is -2.19. The van der Waals surface area contributed by atoms with Gasteiger partial charge >= 0.3 is 5.97 Å². The third-order valence-corrected chi connectivity index (χ3v) is 5.35. The molecule has 0 aromatic heterocycles. The fourth-order valence-electron chi connectivity index (χ4n) is 3.23. The Morgan fingerprint density at radius 3 is 2.28 bits per heavy atom. The Labute approximate surface area is 198 Å². The van der Waals surface area contributed by atoms with Crippen LogP contribution in [0.15, 0.2) is 24.3 Å². The molecule has 0 amide bonds. The van der Waals surface area contributed by atoms with Gasteiger partial charge in [0.05, 0.1) is 31.9 Å². The van der Waals surface area contributed by atoms with Crippen LogP contribution in [0.25, 0.3) is 11.1 Å². The number of halogens is 2. The monoisotopic (exact) mass is 467 g/mol. The van der Waals surface area contributed by atoms with Crippen molar-refractivity contribution in [3.8, 4) is 11.1 Å². The highest BCUT2D eigenvalue weighted by atomic mass is 35.5. The van der Waals surface area contributed by atoms with Gasteiger partial charge in [-0.05, 0) is 59.2 Å². The summed E-state index contributed by atoms with van der Waals surface area (Å²) in [6, 6.07) is 7.22. The minimum absolute atomic E-state index is 0.0312. The second-order valence-electron chi connectivity index (χ2n) is 6.82. The van der Waals surface area contributed by atoms with Crippen molar-refractivity contribution in [1.82, 2.24) is 0 Å². The van der Waals surface area contributed by atoms with E-state index in [1.54, 1.807) is 6.07 Å². The van der Waals surface area contributed by atoms with Crippen LogP contribution in [0.4, 0.5) is 4.39 Å². The molecule has 0 radical (unpaired) electrons. The van der Waals surface area contributed by atoms with Crippen molar-refractivity contribution in [1.29, 1.82) is 0 Å². The molecule has 6 heteroatoms. The normalized spacial score (nSPS) is 12.1. The number of rotatable bonds is 4. The maximum absolute atomic E-state index is 13.8. The van der Waals surface area contributed by atoms with Crippen LogP contribution in [0.5, 0.6) is 0 Å². The van der Waals surface area contributed by atoms with Gasteiger partial charge in [-0.1, -0.05) is 65.3 Å². The number of hydrogen-bond acceptors (Lipinski definition) is 4. The second kappa shape index (κ2) is 15.8. The lowest BCUT2D eigenvalue weighted by Crippen LogP contribution is -2.14. The molecule has 180 valence electrons. The van der Waals surface area contributed by atoms with Crippen molar-refractivity contribution in [3.63, 3.8) is 0 Å². The van der Waals surface area contributed by atoms with Crippen LogP contribution in [0.1, 0.15) is 76.1 Å². The molecule has 4 nitrogen and oxygen atoms in total. The van der Waals surface area contributed by atoms with Gasteiger partial charge in [0, 0.05) is 5.56 Å². The Kier molecular flexibility index (Phi) is 14.8. The first kappa shape index (κ1) is 30.0. The van der Waals surface area contributed by atoms with Gasteiger partial charge in [0.15, 0.2) is 0 Å². The Morgan fingerprint density at radius 2 is 1.78 bits per heavy atom. The molecule has 32 heavy (non-hydrogen) atoms. The van der Waals surface area contributed by atoms with Gasteiger partial charge in [0.25, 0.3) is 0 Å². The van der Waals surface area contributed by atoms with Crippen molar-refractivity contribution in [2.45, 2.75) is 74.0 Å². The number of nitrogens with two attached hydrogens (primary N) is 1. The molecule has 0 bridgehead atoms. The zero-order valence-electron chi connectivity index (χ0n) is 20.8. The topological polar surface area (TPSA) is 61.5 Å². The summed E-state index contributed by atoms with van der Waals surface area (Å²) in [6.45, 7) is 15.5. The van der Waals surface area contributed by atoms with Gasteiger partial charge < -0.3 is 15.2 Å². The molecule has 0 fully saturated rings. The molecule has 2 N–H and O–H groups in total. The van der Waals surface area contributed by atoms with Crippen LogP contribution in [0.2, 0.25) is 5.02 Å². The molecule has 3 rings (SSSR count). The van der Waals surface area contributed by atoms with Gasteiger partial charge in [-0.25, -0.2) is 4.39 Å². The SMILES string of the molecule is CC.CC.CCC(C)c1cc(F)cc(Cl)c1-c1ccc(C)c2c1COC2.COC(=O)CN. The summed E-state index contributed by atoms with van der Waals surface area (Å²) < 4.78 is 23.6. The van der Waals surface area contributed by atoms with E-state index in [1.807, 2.05) is 27.7 Å². The highest BCUT2D eigenvalue weighted by Gasteiger charge is 2.23. The Balaban J connectivity index is 0.000000824. The number of carbonyl (C=O) groups excluding carboxylic acids is 1. The van der Waals surface area contributed by atoms with Crippen LogP contribution >= 0.6 is 11.6 Å². The third-order valence-electron chi connectivity index (χ3n) is 5.05. The van der Waals surface area contributed by atoms with Crippen molar-refractivity contribution >= 4 is 17.6 Å². The van der Waals surface area contributed by atoms with E-state index in [-0.39, 0.29) is 24.2 Å². The maximum Gasteiger partial charge on any atom is 0.319 e. The third kappa shape index (κ3) is 7.88. The number of esters is 1. The van der Waals surface area contributed by atoms with Crippen molar-refractivity contribution in [3.05, 3.63) is 57.4 Å². The van der Waals surface area contributed by atoms with Crippen molar-refractivity contribution in [2.75, 3.05) is 13.7 Å². The van der Waals surface area contributed by atoms with E-state index in [2.05, 4.69) is 37.6 Å². The number of carbonyl (C=O) groups is 1. The quantitative estimate of drug-likeness (QED) is 0.484. The number of ether oxygens (including phenoxy) is 2. The zero-order valence-corrected chi connectivity index (χ0v) is 21.5. The summed E-state index contributed by atoms with van der Waals surface area (Å²) in [6.07, 6.45) is 0.942. The molecule has 0 spiro atoms. The number of methoxy groups -OCH3 is 1. The lowest BCUT2D eigenvalue weighted by atomic mass is 9.86. The van der Waals surface area contributed by atoms with Crippen molar-refractivity contribution < 1.29 is 18.7 Å². The average molecular weight is 468 g/mol. The molecular formula is C26H39ClFNO3. The fourth-order valence-corrected chi connectivity index (χ4v) is 3.55. The van der Waals surface area contributed by atoms with E-state index in [9.17, 15) is 9.18 Å². The largest absolute Gasteiger partial charge is 0.468 e. The zero-order chi connectivity index (χ0) is 24.8. The van der Waals surface area contributed by atoms with Crippen LogP contribution in [0, 0.1) is 12.7 Å². The van der Waals surface area contributed by atoms with Gasteiger partial charge in [-0.2, -0.15) is 0 Å². The van der Waals surface area contributed by atoms with E-state index in [0.717, 1.165) is 23.1 Å². The molecule has 0 aliphatic carbocycles. The van der Waals surface area contributed by atoms with Gasteiger partial charge in [-0.15, -0.1) is 0 Å². The molecule has 0 saturated heterocycles. The Hall–Kier alpha value is -1.95. The average Bonchev–Trinajstić information content (AvgIpc) is 3.32. The van der Waals surface area contributed by atoms with Gasteiger partial charge in [-0.3, -0.25) is 4.79 Å². The minimum atomic E-state index is -0.380. The summed E-state index contributed by atoms with van der Waals surface area (Å²) in [5.41, 5.74) is 11.5. The molecule has 0 saturated carbocycles. The number of hydrogen-bond donors (Lipinski definition) is 1. The maximum atomic E-state index is 13.8. The molecule has 1 aliphatic heterocycles. The van der Waals surface area contributed by atoms with E-state index in [0.29, 0.717) is 18.2 Å². The van der Waals surface area contributed by atoms with Crippen LogP contribution < -0.4 is 5.73 Å². The Bertz CT molecular complexity index is 849. The smallest absolute Gasteiger partial charge is 0.319 e. The minimum Gasteiger partial charge on any atom is -0.468 e. The number of benzene rings is 2. The predicted molar refractivity (Wildman–Crippen MR) is 133 cm³/mol. The molecular weight excluding hydrogens is 429 g/mol. The summed E-state index contributed by atoms with van der Waals surface area (Å²) >= 11 is 6.43. The van der Waals surface area contributed by atoms with E-state index < -0.39 is 0 Å². The molecule has 1 atom stereocenters. The first-order chi connectivity index (χ1) is 15.3. The number of aryl methyl sites for hydroxylation is 1. The van der Waals surface area contributed by atoms with Gasteiger partial charge in [0.1, 0.15) is 5.82 Å². The van der Waals surface area contributed by atoms with Crippen LogP contribution in [0.3, 0.4) is 0 Å².